The van der Waals surface area contributed by atoms with Gasteiger partial charge in [-0.15, -0.1) is 0 Å². The van der Waals surface area contributed by atoms with Crippen molar-refractivity contribution in [2.45, 2.75) is 25.0 Å². The first-order valence-electron chi connectivity index (χ1n) is 6.68. The van der Waals surface area contributed by atoms with Gasteiger partial charge in [-0.05, 0) is 17.7 Å². The first-order chi connectivity index (χ1) is 10.2. The van der Waals surface area contributed by atoms with Crippen molar-refractivity contribution in [3.8, 4) is 11.5 Å². The molecule has 0 radical (unpaired) electrons. The van der Waals surface area contributed by atoms with E-state index in [0.717, 1.165) is 0 Å². The number of carbonyl (C=O) groups excluding carboxylic acids is 1. The van der Waals surface area contributed by atoms with Crippen molar-refractivity contribution in [2.24, 2.45) is 0 Å². The second-order valence-corrected chi connectivity index (χ2v) is 4.94. The Morgan fingerprint density at radius 1 is 1.38 bits per heavy atom. The van der Waals surface area contributed by atoms with Crippen molar-refractivity contribution in [3.05, 3.63) is 35.6 Å². The fraction of sp³-hybridized carbons (Fsp3) is 0.400. The minimum atomic E-state index is -0.756. The number of methoxy groups -OCH3 is 1. The number of rotatable bonds is 4. The number of fused-ring (bicyclic) bond motifs is 1. The first-order valence-corrected chi connectivity index (χ1v) is 6.68. The number of esters is 1. The van der Waals surface area contributed by atoms with Crippen molar-refractivity contribution in [1.29, 1.82) is 0 Å². The highest BCUT2D eigenvalue weighted by atomic mass is 16.7. The third-order valence-electron chi connectivity index (χ3n) is 3.52. The van der Waals surface area contributed by atoms with E-state index in [1.807, 2.05) is 0 Å². The average Bonchev–Trinajstić information content (AvgIpc) is 2.93. The van der Waals surface area contributed by atoms with Crippen molar-refractivity contribution in [3.63, 3.8) is 0 Å². The van der Waals surface area contributed by atoms with Crippen LogP contribution in [0.3, 0.4) is 0 Å². The summed E-state index contributed by atoms with van der Waals surface area (Å²) >= 11 is 0. The smallest absolute Gasteiger partial charge is 0.334 e. The second kappa shape index (κ2) is 5.65. The van der Waals surface area contributed by atoms with Gasteiger partial charge in [-0.2, -0.15) is 0 Å². The molecule has 2 unspecified atom stereocenters. The van der Waals surface area contributed by atoms with Gasteiger partial charge < -0.3 is 24.1 Å². The number of hydrogen-bond acceptors (Lipinski definition) is 6. The van der Waals surface area contributed by atoms with Gasteiger partial charge in [0.25, 0.3) is 0 Å². The van der Waals surface area contributed by atoms with E-state index >= 15 is 0 Å². The maximum atomic E-state index is 11.4. The highest BCUT2D eigenvalue weighted by Crippen LogP contribution is 2.35. The minimum absolute atomic E-state index is 0.192. The Morgan fingerprint density at radius 2 is 2.19 bits per heavy atom. The molecular weight excluding hydrogens is 276 g/mol. The summed E-state index contributed by atoms with van der Waals surface area (Å²) < 4.78 is 20.8. The summed E-state index contributed by atoms with van der Waals surface area (Å²) in [6, 6.07) is 5.27. The summed E-state index contributed by atoms with van der Waals surface area (Å²) in [4.78, 5) is 11.4. The van der Waals surface area contributed by atoms with Crippen LogP contribution in [0.15, 0.2) is 30.0 Å². The van der Waals surface area contributed by atoms with Crippen LogP contribution in [0.1, 0.15) is 24.5 Å². The topological polar surface area (TPSA) is 74.2 Å². The average molecular weight is 292 g/mol. The van der Waals surface area contributed by atoms with Crippen molar-refractivity contribution < 1.29 is 28.8 Å². The molecule has 2 atom stereocenters. The number of cyclic esters (lactones) is 1. The minimum Gasteiger partial charge on any atom is -0.501 e. The molecule has 2 aliphatic heterocycles. The van der Waals surface area contributed by atoms with Gasteiger partial charge in [0.05, 0.1) is 19.3 Å². The molecule has 1 N–H and O–H groups in total. The number of aliphatic hydroxyl groups excluding tert-OH is 1. The van der Waals surface area contributed by atoms with Crippen molar-refractivity contribution in [2.75, 3.05) is 13.9 Å². The van der Waals surface area contributed by atoms with Crippen LogP contribution in [0.2, 0.25) is 0 Å². The summed E-state index contributed by atoms with van der Waals surface area (Å²) in [7, 11) is 1.51. The van der Waals surface area contributed by atoms with Crippen molar-refractivity contribution in [1.82, 2.24) is 0 Å². The second-order valence-electron chi connectivity index (χ2n) is 4.94. The number of hydrogen-bond donors (Lipinski definition) is 1. The Kier molecular flexibility index (Phi) is 3.70. The third-order valence-corrected chi connectivity index (χ3v) is 3.52. The Labute approximate surface area is 121 Å². The molecule has 0 aromatic heterocycles. The Hall–Kier alpha value is -2.21. The van der Waals surface area contributed by atoms with E-state index in [4.69, 9.17) is 18.9 Å². The highest BCUT2D eigenvalue weighted by molar-refractivity contribution is 5.83. The molecule has 0 fully saturated rings. The summed E-state index contributed by atoms with van der Waals surface area (Å²) in [5.74, 6) is 1.40. The van der Waals surface area contributed by atoms with Gasteiger partial charge in [-0.1, -0.05) is 6.07 Å². The van der Waals surface area contributed by atoms with E-state index in [1.54, 1.807) is 18.2 Å². The molecule has 21 heavy (non-hydrogen) atoms. The molecule has 112 valence electrons. The summed E-state index contributed by atoms with van der Waals surface area (Å²) in [6.07, 6.45) is 0.922. The predicted octanol–water partition coefficient (Wildman–Crippen LogP) is 1.68. The third kappa shape index (κ3) is 2.95. The lowest BCUT2D eigenvalue weighted by Crippen LogP contribution is -2.25. The van der Waals surface area contributed by atoms with E-state index in [1.165, 1.54) is 13.2 Å². The zero-order valence-electron chi connectivity index (χ0n) is 11.6. The van der Waals surface area contributed by atoms with Crippen LogP contribution < -0.4 is 9.47 Å². The maximum absolute atomic E-state index is 11.4. The lowest BCUT2D eigenvalue weighted by Gasteiger charge is -2.24. The van der Waals surface area contributed by atoms with Crippen LogP contribution in [0.4, 0.5) is 0 Å². The van der Waals surface area contributed by atoms with Crippen LogP contribution in [-0.2, 0) is 14.3 Å². The molecule has 0 bridgehead atoms. The van der Waals surface area contributed by atoms with Crippen LogP contribution >= 0.6 is 0 Å². The van der Waals surface area contributed by atoms with Crippen LogP contribution in [-0.4, -0.2) is 31.1 Å². The maximum Gasteiger partial charge on any atom is 0.334 e. The van der Waals surface area contributed by atoms with E-state index < -0.39 is 18.2 Å². The van der Waals surface area contributed by atoms with Crippen LogP contribution in [0.25, 0.3) is 0 Å². The van der Waals surface area contributed by atoms with E-state index in [9.17, 15) is 9.90 Å². The Morgan fingerprint density at radius 3 is 3.00 bits per heavy atom. The van der Waals surface area contributed by atoms with E-state index in [0.29, 0.717) is 35.7 Å². The normalized spacial score (nSPS) is 21.5. The predicted molar refractivity (Wildman–Crippen MR) is 71.7 cm³/mol. The van der Waals surface area contributed by atoms with Crippen molar-refractivity contribution >= 4 is 5.97 Å². The first kappa shape index (κ1) is 13.8. The standard InChI is InChI=1S/C15H16O6/c1-18-10-5-11(21-15(17)7-10)6-12(16)9-2-3-13-14(4-9)20-8-19-13/h2-4,7,11-12,16H,5-6,8H2,1H3. The SMILES string of the molecule is COC1=CC(=O)OC(CC(O)c2ccc3c(c2)OCO3)C1. The quantitative estimate of drug-likeness (QED) is 0.851. The molecule has 1 aromatic rings. The van der Waals surface area contributed by atoms with Gasteiger partial charge in [0.1, 0.15) is 11.9 Å². The fourth-order valence-electron chi connectivity index (χ4n) is 2.43. The van der Waals surface area contributed by atoms with Gasteiger partial charge >= 0.3 is 5.97 Å². The number of benzene rings is 1. The monoisotopic (exact) mass is 292 g/mol. The zero-order chi connectivity index (χ0) is 14.8. The molecule has 6 heteroatoms. The summed E-state index contributed by atoms with van der Waals surface area (Å²) in [5.41, 5.74) is 0.698. The number of aliphatic hydroxyl groups is 1. The molecule has 0 aliphatic carbocycles. The molecule has 0 amide bonds. The fourth-order valence-corrected chi connectivity index (χ4v) is 2.43. The van der Waals surface area contributed by atoms with E-state index in [2.05, 4.69) is 0 Å². The van der Waals surface area contributed by atoms with E-state index in [-0.39, 0.29) is 6.79 Å². The molecule has 6 nitrogen and oxygen atoms in total. The number of carbonyl (C=O) groups is 1. The molecule has 0 saturated carbocycles. The summed E-state index contributed by atoms with van der Waals surface area (Å²) in [6.45, 7) is 0.192. The summed E-state index contributed by atoms with van der Waals surface area (Å²) in [5, 5.41) is 10.3. The van der Waals surface area contributed by atoms with Gasteiger partial charge in [-0.3, -0.25) is 0 Å². The highest BCUT2D eigenvalue weighted by Gasteiger charge is 2.26. The molecule has 2 heterocycles. The number of ether oxygens (including phenoxy) is 4. The molecule has 0 spiro atoms. The lowest BCUT2D eigenvalue weighted by molar-refractivity contribution is -0.146. The molecule has 2 aliphatic rings. The van der Waals surface area contributed by atoms with Crippen LogP contribution in [0, 0.1) is 0 Å². The van der Waals surface area contributed by atoms with Gasteiger partial charge in [0.15, 0.2) is 11.5 Å². The van der Waals surface area contributed by atoms with Crippen LogP contribution in [0.5, 0.6) is 11.5 Å². The molecule has 3 rings (SSSR count). The van der Waals surface area contributed by atoms with Gasteiger partial charge in [0, 0.05) is 12.8 Å². The molecule has 1 aromatic carbocycles. The molecule has 0 saturated heterocycles. The lowest BCUT2D eigenvalue weighted by atomic mass is 9.99. The Bertz CT molecular complexity index is 580. The van der Waals surface area contributed by atoms with Gasteiger partial charge in [0.2, 0.25) is 6.79 Å². The largest absolute Gasteiger partial charge is 0.501 e. The Balaban J connectivity index is 1.68. The molecular formula is C15H16O6. The van der Waals surface area contributed by atoms with Gasteiger partial charge in [-0.25, -0.2) is 4.79 Å². The zero-order valence-corrected chi connectivity index (χ0v) is 11.6.